The quantitative estimate of drug-likeness (QED) is 0.303. The van der Waals surface area contributed by atoms with Gasteiger partial charge in [0.25, 0.3) is 0 Å². The summed E-state index contributed by atoms with van der Waals surface area (Å²) in [5.41, 5.74) is -0.206. The molecule has 0 unspecified atom stereocenters. The maximum absolute atomic E-state index is 15.1. The van der Waals surface area contributed by atoms with Gasteiger partial charge in [0, 0.05) is 76.4 Å². The minimum absolute atomic E-state index is 0.0773. The first-order chi connectivity index (χ1) is 21.7. The molecule has 1 amide bonds. The van der Waals surface area contributed by atoms with Crippen LogP contribution < -0.4 is 0 Å². The van der Waals surface area contributed by atoms with Gasteiger partial charge in [0.1, 0.15) is 34.9 Å². The number of hydrogen-bond donors (Lipinski definition) is 0. The molecular formula is C35H45F4N3O4. The molecule has 11 heteroatoms. The largest absolute Gasteiger partial charge is 0.459 e. The highest BCUT2D eigenvalue weighted by Crippen LogP contribution is 2.38. The summed E-state index contributed by atoms with van der Waals surface area (Å²) in [6.07, 6.45) is 1.56. The van der Waals surface area contributed by atoms with Crippen molar-refractivity contribution in [2.45, 2.75) is 83.5 Å². The Hall–Kier alpha value is -3.02. The summed E-state index contributed by atoms with van der Waals surface area (Å²) in [5, 5.41) is 0. The summed E-state index contributed by atoms with van der Waals surface area (Å²) in [6.45, 7) is 11.7. The fraction of sp³-hybridized carbons (Fsp3) is 0.600. The first-order valence-corrected chi connectivity index (χ1v) is 16.2. The zero-order valence-electron chi connectivity index (χ0n) is 27.3. The number of rotatable bonds is 7. The highest BCUT2D eigenvalue weighted by atomic mass is 19.1. The van der Waals surface area contributed by atoms with Crippen molar-refractivity contribution in [1.29, 1.82) is 0 Å². The Labute approximate surface area is 268 Å². The van der Waals surface area contributed by atoms with E-state index in [4.69, 9.17) is 9.47 Å². The first-order valence-electron chi connectivity index (χ1n) is 16.2. The molecule has 3 aliphatic heterocycles. The molecule has 3 aliphatic rings. The van der Waals surface area contributed by atoms with Crippen molar-refractivity contribution in [3.05, 3.63) is 70.3 Å². The Balaban J connectivity index is 1.36. The number of likely N-dealkylation sites (tertiary alicyclic amines) is 1. The van der Waals surface area contributed by atoms with Crippen LogP contribution in [0.25, 0.3) is 0 Å². The van der Waals surface area contributed by atoms with Gasteiger partial charge in [-0.25, -0.2) is 17.6 Å². The number of halogens is 4. The number of ether oxygens (including phenoxy) is 2. The topological polar surface area (TPSA) is 62.3 Å². The van der Waals surface area contributed by atoms with Crippen molar-refractivity contribution in [2.75, 3.05) is 45.9 Å². The first kappa shape index (κ1) is 34.3. The average molecular weight is 648 g/mol. The van der Waals surface area contributed by atoms with Crippen LogP contribution in [0.5, 0.6) is 0 Å². The molecule has 0 radical (unpaired) electrons. The summed E-state index contributed by atoms with van der Waals surface area (Å²) >= 11 is 0. The summed E-state index contributed by atoms with van der Waals surface area (Å²) in [7, 11) is 0. The van der Waals surface area contributed by atoms with E-state index >= 15 is 4.39 Å². The number of hydrogen-bond acceptors (Lipinski definition) is 6. The lowest BCUT2D eigenvalue weighted by molar-refractivity contribution is -0.163. The van der Waals surface area contributed by atoms with E-state index in [2.05, 4.69) is 4.90 Å². The van der Waals surface area contributed by atoms with E-state index in [1.807, 2.05) is 11.8 Å². The number of carbonyl (C=O) groups excluding carboxylic acids is 2. The van der Waals surface area contributed by atoms with Crippen molar-refractivity contribution in [1.82, 2.24) is 14.7 Å². The van der Waals surface area contributed by atoms with Gasteiger partial charge in [-0.15, -0.1) is 0 Å². The monoisotopic (exact) mass is 647 g/mol. The molecule has 0 bridgehead atoms. The minimum Gasteiger partial charge on any atom is -0.459 e. The number of nitrogens with zero attached hydrogens (tertiary/aromatic N) is 3. The predicted octanol–water partition coefficient (Wildman–Crippen LogP) is 5.23. The lowest BCUT2D eigenvalue weighted by atomic mass is 9.87. The van der Waals surface area contributed by atoms with Gasteiger partial charge in [-0.3, -0.25) is 19.4 Å². The van der Waals surface area contributed by atoms with Crippen LogP contribution in [0.3, 0.4) is 0 Å². The molecule has 46 heavy (non-hydrogen) atoms. The number of piperazine rings is 1. The third kappa shape index (κ3) is 7.74. The van der Waals surface area contributed by atoms with Gasteiger partial charge in [0.05, 0.1) is 5.92 Å². The number of aryl methyl sites for hydroxylation is 1. The van der Waals surface area contributed by atoms with E-state index in [1.54, 1.807) is 25.7 Å². The van der Waals surface area contributed by atoms with Crippen molar-refractivity contribution in [3.8, 4) is 0 Å². The van der Waals surface area contributed by atoms with Crippen molar-refractivity contribution < 1.29 is 36.6 Å². The molecule has 2 aromatic rings. The van der Waals surface area contributed by atoms with Gasteiger partial charge in [-0.2, -0.15) is 0 Å². The van der Waals surface area contributed by atoms with E-state index in [1.165, 1.54) is 19.1 Å². The van der Waals surface area contributed by atoms with Crippen LogP contribution in [-0.4, -0.2) is 96.2 Å². The zero-order chi connectivity index (χ0) is 33.3. The molecule has 252 valence electrons. The molecule has 3 saturated heterocycles. The Morgan fingerprint density at radius 1 is 0.957 bits per heavy atom. The SMILES string of the molecule is Cc1cc(F)c(C[C@@H](C(=O)OC(C)(C)C)N2CCN(C(=O)[C@@H]3CN(C4CCOCC4)C[C@H]3c3ccc(F)cc3F)[C@@H](C)C2)cc1F. The van der Waals surface area contributed by atoms with Gasteiger partial charge < -0.3 is 14.4 Å². The molecule has 0 aromatic heterocycles. The second-order valence-corrected chi connectivity index (χ2v) is 14.0. The van der Waals surface area contributed by atoms with Crippen molar-refractivity contribution >= 4 is 11.9 Å². The number of esters is 1. The molecule has 7 nitrogen and oxygen atoms in total. The van der Waals surface area contributed by atoms with Crippen LogP contribution in [0.1, 0.15) is 63.1 Å². The fourth-order valence-electron chi connectivity index (χ4n) is 7.14. The second kappa shape index (κ2) is 14.0. The summed E-state index contributed by atoms with van der Waals surface area (Å²) < 4.78 is 69.5. The van der Waals surface area contributed by atoms with E-state index < -0.39 is 52.7 Å². The Morgan fingerprint density at radius 3 is 2.33 bits per heavy atom. The molecule has 4 atom stereocenters. The molecule has 0 aliphatic carbocycles. The fourth-order valence-corrected chi connectivity index (χ4v) is 7.14. The molecule has 0 N–H and O–H groups in total. The number of carbonyl (C=O) groups is 2. The zero-order valence-corrected chi connectivity index (χ0v) is 27.3. The molecule has 3 heterocycles. The Kier molecular flexibility index (Phi) is 10.4. The van der Waals surface area contributed by atoms with Crippen molar-refractivity contribution in [2.24, 2.45) is 5.92 Å². The summed E-state index contributed by atoms with van der Waals surface area (Å²) in [6, 6.07) is 4.80. The van der Waals surface area contributed by atoms with Crippen LogP contribution in [-0.2, 0) is 25.5 Å². The molecular weight excluding hydrogens is 602 g/mol. The van der Waals surface area contributed by atoms with Gasteiger partial charge in [0.2, 0.25) is 5.91 Å². The lowest BCUT2D eigenvalue weighted by Gasteiger charge is -2.44. The van der Waals surface area contributed by atoms with Crippen LogP contribution >= 0.6 is 0 Å². The van der Waals surface area contributed by atoms with Crippen LogP contribution in [0.4, 0.5) is 17.6 Å². The highest BCUT2D eigenvalue weighted by molar-refractivity contribution is 5.81. The molecule has 2 aromatic carbocycles. The Bertz CT molecular complexity index is 1430. The standard InChI is InChI=1S/C35H45F4N3O4/c1-21-14-30(38)23(15-29(21)37)16-32(34(44)46-35(3,4)5)40-10-11-42(22(2)18-40)33(43)28-20-41(25-8-12-45-13-9-25)19-27(28)26-7-6-24(36)17-31(26)39/h6-7,14-15,17,22,25,27-28,32H,8-13,16,18-20H2,1-5H3/t22-,27-,28+,32-/m0/s1. The van der Waals surface area contributed by atoms with Crippen LogP contribution in [0, 0.1) is 36.1 Å². The highest BCUT2D eigenvalue weighted by Gasteiger charge is 2.46. The van der Waals surface area contributed by atoms with Gasteiger partial charge in [-0.05, 0) is 82.3 Å². The van der Waals surface area contributed by atoms with Crippen LogP contribution in [0.15, 0.2) is 30.3 Å². The van der Waals surface area contributed by atoms with E-state index in [0.29, 0.717) is 45.0 Å². The van der Waals surface area contributed by atoms with Gasteiger partial charge in [-0.1, -0.05) is 6.07 Å². The number of amides is 1. The molecule has 3 fully saturated rings. The smallest absolute Gasteiger partial charge is 0.324 e. The maximum atomic E-state index is 15.1. The van der Waals surface area contributed by atoms with Gasteiger partial charge in [0.15, 0.2) is 0 Å². The molecule has 0 spiro atoms. The predicted molar refractivity (Wildman–Crippen MR) is 165 cm³/mol. The van der Waals surface area contributed by atoms with Crippen LogP contribution in [0.2, 0.25) is 0 Å². The normalized spacial score (nSPS) is 24.3. The second-order valence-electron chi connectivity index (χ2n) is 14.0. The van der Waals surface area contributed by atoms with E-state index in [-0.39, 0.29) is 42.1 Å². The Morgan fingerprint density at radius 2 is 1.67 bits per heavy atom. The number of benzene rings is 2. The van der Waals surface area contributed by atoms with Gasteiger partial charge >= 0.3 is 5.97 Å². The maximum Gasteiger partial charge on any atom is 0.324 e. The molecule has 0 saturated carbocycles. The van der Waals surface area contributed by atoms with E-state index in [0.717, 1.165) is 31.0 Å². The lowest BCUT2D eigenvalue weighted by Crippen LogP contribution is -2.60. The average Bonchev–Trinajstić information content (AvgIpc) is 3.43. The third-order valence-corrected chi connectivity index (χ3v) is 9.54. The molecule has 5 rings (SSSR count). The summed E-state index contributed by atoms with van der Waals surface area (Å²) in [4.78, 5) is 33.6. The van der Waals surface area contributed by atoms with E-state index in [9.17, 15) is 22.8 Å². The third-order valence-electron chi connectivity index (χ3n) is 9.54. The summed E-state index contributed by atoms with van der Waals surface area (Å²) in [5.74, 6) is -4.12. The van der Waals surface area contributed by atoms with Crippen molar-refractivity contribution in [3.63, 3.8) is 0 Å². The minimum atomic E-state index is -0.896.